The number of amides is 1. The summed E-state index contributed by atoms with van der Waals surface area (Å²) < 4.78 is 18.9. The van der Waals surface area contributed by atoms with Crippen LogP contribution >= 0.6 is 0 Å². The highest BCUT2D eigenvalue weighted by Crippen LogP contribution is 2.24. The van der Waals surface area contributed by atoms with Crippen LogP contribution in [-0.2, 0) is 0 Å². The fourth-order valence-corrected chi connectivity index (χ4v) is 3.78. The number of aromatic nitrogens is 3. The third-order valence-corrected chi connectivity index (χ3v) is 5.59. The number of hydrogen-bond donors (Lipinski definition) is 1. The molecule has 1 fully saturated rings. The van der Waals surface area contributed by atoms with Crippen molar-refractivity contribution in [2.75, 3.05) is 36.4 Å². The molecule has 4 aromatic rings. The van der Waals surface area contributed by atoms with Crippen molar-refractivity contribution < 1.29 is 13.9 Å². The van der Waals surface area contributed by atoms with Gasteiger partial charge in [-0.05, 0) is 66.7 Å². The summed E-state index contributed by atoms with van der Waals surface area (Å²) in [5.41, 5.74) is 0.544. The van der Waals surface area contributed by atoms with Gasteiger partial charge in [0.05, 0.1) is 0 Å². The lowest BCUT2D eigenvalue weighted by Crippen LogP contribution is -2.49. The molecule has 5 rings (SSSR count). The molecule has 1 saturated heterocycles. The summed E-state index contributed by atoms with van der Waals surface area (Å²) in [5.74, 6) is 2.72. The fourth-order valence-electron chi connectivity index (χ4n) is 3.78. The number of piperazine rings is 1. The van der Waals surface area contributed by atoms with Gasteiger partial charge in [-0.25, -0.2) is 9.37 Å². The Balaban J connectivity index is 1.17. The van der Waals surface area contributed by atoms with Crippen LogP contribution in [0.5, 0.6) is 11.5 Å². The molecular weight excluding hydrogens is 447 g/mol. The molecule has 0 atom stereocenters. The standard InChI is InChI=1S/C26H23FN6O2/c27-20-7-9-21(10-8-20)35-22-5-3-4-19(18-22)26(34)33-16-14-32(15-17-33)25-12-11-24(30-31-25)29-23-6-1-2-13-28-23/h1-13,18H,14-17H2,(H,28,29,30). The zero-order valence-electron chi connectivity index (χ0n) is 18.8. The van der Waals surface area contributed by atoms with Gasteiger partial charge >= 0.3 is 0 Å². The number of anilines is 3. The van der Waals surface area contributed by atoms with Gasteiger partial charge in [0.15, 0.2) is 11.6 Å². The number of carbonyl (C=O) groups excluding carboxylic acids is 1. The minimum absolute atomic E-state index is 0.0600. The molecule has 3 heterocycles. The van der Waals surface area contributed by atoms with E-state index < -0.39 is 0 Å². The zero-order chi connectivity index (χ0) is 24.0. The van der Waals surface area contributed by atoms with Crippen LogP contribution in [0.4, 0.5) is 21.8 Å². The lowest BCUT2D eigenvalue weighted by molar-refractivity contribution is 0.0746. The normalized spacial score (nSPS) is 13.4. The van der Waals surface area contributed by atoms with E-state index in [0.29, 0.717) is 54.9 Å². The molecule has 2 aromatic carbocycles. The Morgan fingerprint density at radius 3 is 2.37 bits per heavy atom. The summed E-state index contributed by atoms with van der Waals surface area (Å²) in [6.07, 6.45) is 1.71. The molecule has 1 aliphatic heterocycles. The Hall–Kier alpha value is -4.53. The molecule has 0 bridgehead atoms. The monoisotopic (exact) mass is 470 g/mol. The van der Waals surface area contributed by atoms with Gasteiger partial charge in [-0.1, -0.05) is 12.1 Å². The molecule has 35 heavy (non-hydrogen) atoms. The quantitative estimate of drug-likeness (QED) is 0.444. The van der Waals surface area contributed by atoms with E-state index >= 15 is 0 Å². The highest BCUT2D eigenvalue weighted by molar-refractivity contribution is 5.94. The molecule has 176 valence electrons. The number of rotatable bonds is 6. The number of ether oxygens (including phenoxy) is 1. The maximum absolute atomic E-state index is 13.1. The summed E-state index contributed by atoms with van der Waals surface area (Å²) in [5, 5.41) is 11.7. The number of hydrogen-bond acceptors (Lipinski definition) is 7. The first-order chi connectivity index (χ1) is 17.1. The highest BCUT2D eigenvalue weighted by Gasteiger charge is 2.23. The molecule has 0 radical (unpaired) electrons. The maximum Gasteiger partial charge on any atom is 0.254 e. The molecule has 1 aliphatic rings. The number of nitrogens with zero attached hydrogens (tertiary/aromatic N) is 5. The van der Waals surface area contributed by atoms with E-state index in [9.17, 15) is 9.18 Å². The van der Waals surface area contributed by atoms with Crippen LogP contribution in [0.25, 0.3) is 0 Å². The summed E-state index contributed by atoms with van der Waals surface area (Å²) in [6.45, 7) is 2.44. The average molecular weight is 471 g/mol. The Bertz CT molecular complexity index is 1280. The first-order valence-electron chi connectivity index (χ1n) is 11.2. The summed E-state index contributed by atoms with van der Waals surface area (Å²) in [6, 6.07) is 22.2. The molecule has 9 heteroatoms. The second-order valence-corrected chi connectivity index (χ2v) is 7.98. The van der Waals surface area contributed by atoms with Crippen molar-refractivity contribution in [1.29, 1.82) is 0 Å². The van der Waals surface area contributed by atoms with Crippen LogP contribution in [0.15, 0.2) is 85.1 Å². The van der Waals surface area contributed by atoms with Gasteiger partial charge in [0.25, 0.3) is 5.91 Å². The smallest absolute Gasteiger partial charge is 0.254 e. The number of pyridine rings is 1. The van der Waals surface area contributed by atoms with Crippen molar-refractivity contribution >= 4 is 23.4 Å². The Kier molecular flexibility index (Phi) is 6.47. The molecule has 0 unspecified atom stereocenters. The van der Waals surface area contributed by atoms with Crippen LogP contribution < -0.4 is 15.0 Å². The first kappa shape index (κ1) is 22.3. The van der Waals surface area contributed by atoms with Gasteiger partial charge in [0, 0.05) is 37.9 Å². The molecule has 1 amide bonds. The SMILES string of the molecule is O=C(c1cccc(Oc2ccc(F)cc2)c1)N1CCN(c2ccc(Nc3ccccn3)nn2)CC1. The van der Waals surface area contributed by atoms with E-state index in [2.05, 4.69) is 25.4 Å². The van der Waals surface area contributed by atoms with Crippen molar-refractivity contribution in [2.45, 2.75) is 0 Å². The average Bonchev–Trinajstić information content (AvgIpc) is 2.91. The molecule has 0 aliphatic carbocycles. The zero-order valence-corrected chi connectivity index (χ0v) is 18.8. The number of halogens is 1. The van der Waals surface area contributed by atoms with Crippen LogP contribution in [0.3, 0.4) is 0 Å². The van der Waals surface area contributed by atoms with Crippen LogP contribution in [0, 0.1) is 5.82 Å². The Morgan fingerprint density at radius 2 is 1.66 bits per heavy atom. The molecule has 1 N–H and O–H groups in total. The maximum atomic E-state index is 13.1. The highest BCUT2D eigenvalue weighted by atomic mass is 19.1. The van der Waals surface area contributed by atoms with Gasteiger partial charge in [-0.3, -0.25) is 4.79 Å². The van der Waals surface area contributed by atoms with Gasteiger partial charge in [-0.2, -0.15) is 0 Å². The fraction of sp³-hybridized carbons (Fsp3) is 0.154. The molecule has 8 nitrogen and oxygen atoms in total. The van der Waals surface area contributed by atoms with E-state index in [1.807, 2.05) is 35.2 Å². The van der Waals surface area contributed by atoms with Gasteiger partial charge in [-0.15, -0.1) is 10.2 Å². The van der Waals surface area contributed by atoms with E-state index in [-0.39, 0.29) is 11.7 Å². The largest absolute Gasteiger partial charge is 0.457 e. The lowest BCUT2D eigenvalue weighted by Gasteiger charge is -2.35. The van der Waals surface area contributed by atoms with Gasteiger partial charge in [0.1, 0.15) is 23.1 Å². The van der Waals surface area contributed by atoms with Crippen molar-refractivity contribution in [2.24, 2.45) is 0 Å². The number of benzene rings is 2. The van der Waals surface area contributed by atoms with E-state index in [0.717, 1.165) is 5.82 Å². The minimum Gasteiger partial charge on any atom is -0.457 e. The second kappa shape index (κ2) is 10.2. The Labute approximate surface area is 202 Å². The molecule has 0 saturated carbocycles. The van der Waals surface area contributed by atoms with Crippen LogP contribution in [0.2, 0.25) is 0 Å². The predicted octanol–water partition coefficient (Wildman–Crippen LogP) is 4.51. The summed E-state index contributed by atoms with van der Waals surface area (Å²) >= 11 is 0. The van der Waals surface area contributed by atoms with E-state index in [1.54, 1.807) is 42.6 Å². The van der Waals surface area contributed by atoms with Gasteiger partial charge < -0.3 is 19.9 Å². The van der Waals surface area contributed by atoms with Crippen molar-refractivity contribution in [3.63, 3.8) is 0 Å². The topological polar surface area (TPSA) is 83.5 Å². The summed E-state index contributed by atoms with van der Waals surface area (Å²) in [4.78, 5) is 21.2. The van der Waals surface area contributed by atoms with Crippen LogP contribution in [-0.4, -0.2) is 52.2 Å². The van der Waals surface area contributed by atoms with Crippen molar-refractivity contribution in [1.82, 2.24) is 20.1 Å². The van der Waals surface area contributed by atoms with Crippen molar-refractivity contribution in [3.05, 3.63) is 96.4 Å². The minimum atomic E-state index is -0.330. The lowest BCUT2D eigenvalue weighted by atomic mass is 10.1. The molecule has 0 spiro atoms. The number of carbonyl (C=O) groups is 1. The molecular formula is C26H23FN6O2. The molecule has 2 aromatic heterocycles. The van der Waals surface area contributed by atoms with Gasteiger partial charge in [0.2, 0.25) is 0 Å². The van der Waals surface area contributed by atoms with E-state index in [4.69, 9.17) is 4.74 Å². The summed E-state index contributed by atoms with van der Waals surface area (Å²) in [7, 11) is 0. The first-order valence-corrected chi connectivity index (χ1v) is 11.2. The number of nitrogens with one attached hydrogen (secondary N) is 1. The third kappa shape index (κ3) is 5.52. The van der Waals surface area contributed by atoms with Crippen molar-refractivity contribution in [3.8, 4) is 11.5 Å². The third-order valence-electron chi connectivity index (χ3n) is 5.59. The van der Waals surface area contributed by atoms with E-state index in [1.165, 1.54) is 12.1 Å². The second-order valence-electron chi connectivity index (χ2n) is 7.98. The predicted molar refractivity (Wildman–Crippen MR) is 131 cm³/mol. The van der Waals surface area contributed by atoms with Crippen LogP contribution in [0.1, 0.15) is 10.4 Å². The Morgan fingerprint density at radius 1 is 0.829 bits per heavy atom.